The number of anilines is 1. The van der Waals surface area contributed by atoms with E-state index in [0.29, 0.717) is 5.41 Å². The lowest BCUT2D eigenvalue weighted by Gasteiger charge is -2.28. The van der Waals surface area contributed by atoms with Crippen molar-refractivity contribution in [2.75, 3.05) is 19.0 Å². The number of hydrogen-bond acceptors (Lipinski definition) is 3. The fourth-order valence-electron chi connectivity index (χ4n) is 3.55. The van der Waals surface area contributed by atoms with Crippen molar-refractivity contribution in [2.24, 2.45) is 5.41 Å². The third kappa shape index (κ3) is 2.69. The van der Waals surface area contributed by atoms with Gasteiger partial charge in [0, 0.05) is 23.5 Å². The summed E-state index contributed by atoms with van der Waals surface area (Å²) < 4.78 is 5.45. The van der Waals surface area contributed by atoms with E-state index in [1.165, 1.54) is 32.1 Å². The molecular formula is C18H24N2O. The molecule has 1 aromatic heterocycles. The molecule has 0 unspecified atom stereocenters. The summed E-state index contributed by atoms with van der Waals surface area (Å²) in [7, 11) is 1.72. The highest BCUT2D eigenvalue weighted by Gasteiger charge is 2.31. The van der Waals surface area contributed by atoms with Gasteiger partial charge >= 0.3 is 0 Å². The number of pyridine rings is 1. The maximum Gasteiger partial charge on any atom is 0.133 e. The molecule has 3 rings (SSSR count). The van der Waals surface area contributed by atoms with E-state index in [-0.39, 0.29) is 0 Å². The topological polar surface area (TPSA) is 34.2 Å². The fourth-order valence-corrected chi connectivity index (χ4v) is 3.55. The molecular weight excluding hydrogens is 260 g/mol. The summed E-state index contributed by atoms with van der Waals surface area (Å²) in [6.07, 6.45) is 8.52. The lowest BCUT2D eigenvalue weighted by atomic mass is 9.83. The minimum atomic E-state index is 0.461. The van der Waals surface area contributed by atoms with Gasteiger partial charge in [-0.3, -0.25) is 0 Å². The van der Waals surface area contributed by atoms with Crippen molar-refractivity contribution in [1.29, 1.82) is 0 Å². The molecule has 0 aliphatic heterocycles. The Hall–Kier alpha value is -1.77. The number of nitrogens with one attached hydrogen (secondary N) is 1. The lowest BCUT2D eigenvalue weighted by Crippen LogP contribution is -2.26. The molecule has 0 atom stereocenters. The van der Waals surface area contributed by atoms with E-state index in [2.05, 4.69) is 23.3 Å². The predicted molar refractivity (Wildman–Crippen MR) is 88.0 cm³/mol. The smallest absolute Gasteiger partial charge is 0.133 e. The lowest BCUT2D eigenvalue weighted by molar-refractivity contribution is 0.306. The van der Waals surface area contributed by atoms with Crippen molar-refractivity contribution in [2.45, 2.75) is 39.0 Å². The first-order chi connectivity index (χ1) is 10.3. The maximum absolute atomic E-state index is 5.45. The molecule has 0 spiro atoms. The Morgan fingerprint density at radius 3 is 2.71 bits per heavy atom. The minimum Gasteiger partial charge on any atom is -0.496 e. The zero-order chi connectivity index (χ0) is 14.7. The first-order valence-corrected chi connectivity index (χ1v) is 7.94. The van der Waals surface area contributed by atoms with E-state index in [1.807, 2.05) is 24.4 Å². The summed E-state index contributed by atoms with van der Waals surface area (Å²) in [5, 5.41) is 5.87. The maximum atomic E-state index is 5.45. The minimum absolute atomic E-state index is 0.461. The first-order valence-electron chi connectivity index (χ1n) is 7.94. The standard InChI is InChI=1S/C18H24N2O/c1-3-18(10-4-5-11-18)13-20-17-15-7-6-8-16(21-2)14(15)9-12-19-17/h6-9,12H,3-5,10-11,13H2,1-2H3,(H,19,20). The molecule has 0 amide bonds. The average Bonchev–Trinajstić information content (AvgIpc) is 3.01. The van der Waals surface area contributed by atoms with Crippen LogP contribution in [0, 0.1) is 5.41 Å². The van der Waals surface area contributed by atoms with Crippen LogP contribution in [0.5, 0.6) is 5.75 Å². The second-order valence-electron chi connectivity index (χ2n) is 6.13. The second kappa shape index (κ2) is 5.92. The summed E-state index contributed by atoms with van der Waals surface area (Å²) in [5.41, 5.74) is 0.461. The Morgan fingerprint density at radius 2 is 2.00 bits per heavy atom. The van der Waals surface area contributed by atoms with Gasteiger partial charge in [-0.2, -0.15) is 0 Å². The van der Waals surface area contributed by atoms with Crippen molar-refractivity contribution in [3.05, 3.63) is 30.5 Å². The molecule has 1 heterocycles. The first kappa shape index (κ1) is 14.2. The molecule has 2 aromatic rings. The monoisotopic (exact) mass is 284 g/mol. The van der Waals surface area contributed by atoms with Gasteiger partial charge < -0.3 is 10.1 Å². The Morgan fingerprint density at radius 1 is 1.19 bits per heavy atom. The van der Waals surface area contributed by atoms with Gasteiger partial charge in [-0.05, 0) is 36.8 Å². The molecule has 1 aromatic carbocycles. The summed E-state index contributed by atoms with van der Waals surface area (Å²) in [6, 6.07) is 8.15. The second-order valence-corrected chi connectivity index (χ2v) is 6.13. The molecule has 1 saturated carbocycles. The molecule has 1 fully saturated rings. The Kier molecular flexibility index (Phi) is 4.00. The van der Waals surface area contributed by atoms with Crippen LogP contribution in [-0.2, 0) is 0 Å². The number of ether oxygens (including phenoxy) is 1. The third-order valence-corrected chi connectivity index (χ3v) is 5.03. The van der Waals surface area contributed by atoms with E-state index < -0.39 is 0 Å². The molecule has 3 nitrogen and oxygen atoms in total. The van der Waals surface area contributed by atoms with E-state index in [4.69, 9.17) is 4.74 Å². The van der Waals surface area contributed by atoms with Crippen LogP contribution in [0.4, 0.5) is 5.82 Å². The normalized spacial score (nSPS) is 17.0. The zero-order valence-corrected chi connectivity index (χ0v) is 13.0. The molecule has 3 heteroatoms. The predicted octanol–water partition coefficient (Wildman–Crippen LogP) is 4.63. The summed E-state index contributed by atoms with van der Waals surface area (Å²) in [4.78, 5) is 4.54. The number of nitrogens with zero attached hydrogens (tertiary/aromatic N) is 1. The highest BCUT2D eigenvalue weighted by atomic mass is 16.5. The van der Waals surface area contributed by atoms with Gasteiger partial charge in [-0.1, -0.05) is 31.9 Å². The van der Waals surface area contributed by atoms with E-state index in [9.17, 15) is 0 Å². The van der Waals surface area contributed by atoms with Crippen LogP contribution < -0.4 is 10.1 Å². The van der Waals surface area contributed by atoms with Crippen molar-refractivity contribution in [1.82, 2.24) is 4.98 Å². The number of methoxy groups -OCH3 is 1. The number of benzene rings is 1. The van der Waals surface area contributed by atoms with Crippen LogP contribution in [-0.4, -0.2) is 18.6 Å². The largest absolute Gasteiger partial charge is 0.496 e. The van der Waals surface area contributed by atoms with Crippen molar-refractivity contribution in [3.8, 4) is 5.75 Å². The van der Waals surface area contributed by atoms with Gasteiger partial charge in [-0.15, -0.1) is 0 Å². The van der Waals surface area contributed by atoms with Crippen LogP contribution in [0.2, 0.25) is 0 Å². The van der Waals surface area contributed by atoms with Gasteiger partial charge in [-0.25, -0.2) is 4.98 Å². The number of hydrogen-bond donors (Lipinski definition) is 1. The molecule has 21 heavy (non-hydrogen) atoms. The summed E-state index contributed by atoms with van der Waals surface area (Å²) >= 11 is 0. The van der Waals surface area contributed by atoms with Crippen molar-refractivity contribution >= 4 is 16.6 Å². The molecule has 1 N–H and O–H groups in total. The quantitative estimate of drug-likeness (QED) is 0.869. The third-order valence-electron chi connectivity index (χ3n) is 5.03. The molecule has 1 aliphatic carbocycles. The number of rotatable bonds is 5. The van der Waals surface area contributed by atoms with E-state index >= 15 is 0 Å². The van der Waals surface area contributed by atoms with Crippen LogP contribution in [0.15, 0.2) is 30.5 Å². The van der Waals surface area contributed by atoms with E-state index in [0.717, 1.165) is 28.9 Å². The Bertz CT molecular complexity index is 618. The van der Waals surface area contributed by atoms with Gasteiger partial charge in [0.2, 0.25) is 0 Å². The molecule has 112 valence electrons. The van der Waals surface area contributed by atoms with Gasteiger partial charge in [0.05, 0.1) is 7.11 Å². The SMILES string of the molecule is CCC1(CNc2nccc3c(OC)cccc23)CCCC1. The fraction of sp³-hybridized carbons (Fsp3) is 0.500. The summed E-state index contributed by atoms with van der Waals surface area (Å²) in [6.45, 7) is 3.33. The molecule has 0 radical (unpaired) electrons. The van der Waals surface area contributed by atoms with Crippen LogP contribution in [0.3, 0.4) is 0 Å². The van der Waals surface area contributed by atoms with Crippen LogP contribution >= 0.6 is 0 Å². The number of fused-ring (bicyclic) bond motifs is 1. The van der Waals surface area contributed by atoms with Crippen LogP contribution in [0.25, 0.3) is 10.8 Å². The van der Waals surface area contributed by atoms with Gasteiger partial charge in [0.1, 0.15) is 11.6 Å². The average molecular weight is 284 g/mol. The Labute approximate surface area is 126 Å². The number of aromatic nitrogens is 1. The summed E-state index contributed by atoms with van der Waals surface area (Å²) in [5.74, 6) is 1.88. The highest BCUT2D eigenvalue weighted by molar-refractivity contribution is 5.95. The van der Waals surface area contributed by atoms with Crippen LogP contribution in [0.1, 0.15) is 39.0 Å². The van der Waals surface area contributed by atoms with Gasteiger partial charge in [0.25, 0.3) is 0 Å². The van der Waals surface area contributed by atoms with Gasteiger partial charge in [0.15, 0.2) is 0 Å². The van der Waals surface area contributed by atoms with E-state index in [1.54, 1.807) is 7.11 Å². The highest BCUT2D eigenvalue weighted by Crippen LogP contribution is 2.41. The molecule has 0 bridgehead atoms. The van der Waals surface area contributed by atoms with Crippen molar-refractivity contribution in [3.63, 3.8) is 0 Å². The molecule has 0 saturated heterocycles. The Balaban J connectivity index is 1.87. The zero-order valence-electron chi connectivity index (χ0n) is 13.0. The molecule has 1 aliphatic rings. The van der Waals surface area contributed by atoms with Crippen molar-refractivity contribution < 1.29 is 4.74 Å².